The van der Waals surface area contributed by atoms with Gasteiger partial charge >= 0.3 is 12.1 Å². The van der Waals surface area contributed by atoms with Crippen molar-refractivity contribution in [3.8, 4) is 5.69 Å². The van der Waals surface area contributed by atoms with Crippen LogP contribution in [0.25, 0.3) is 5.69 Å². The number of carbonyl (C=O) groups is 3. The topological polar surface area (TPSA) is 77.4 Å². The number of aromatic nitrogens is 1. The van der Waals surface area contributed by atoms with Gasteiger partial charge in [-0.25, -0.2) is 4.79 Å². The van der Waals surface area contributed by atoms with Crippen molar-refractivity contribution in [2.75, 3.05) is 18.6 Å². The second-order valence-electron chi connectivity index (χ2n) is 8.88. The van der Waals surface area contributed by atoms with Crippen LogP contribution < -0.4 is 5.32 Å². The Bertz CT molecular complexity index is 1330. The van der Waals surface area contributed by atoms with Gasteiger partial charge in [-0.15, -0.1) is 0 Å². The molecule has 10 heteroatoms. The molecule has 1 N–H and O–H groups in total. The number of halogens is 3. The number of hydrogen-bond acceptors (Lipinski definition) is 5. The molecule has 3 aromatic rings. The van der Waals surface area contributed by atoms with E-state index < -0.39 is 42.0 Å². The highest BCUT2D eigenvalue weighted by Gasteiger charge is 2.31. The van der Waals surface area contributed by atoms with Crippen LogP contribution in [0.5, 0.6) is 0 Å². The summed E-state index contributed by atoms with van der Waals surface area (Å²) in [4.78, 5) is 38.4. The molecule has 6 nitrogen and oxygen atoms in total. The number of alkyl halides is 3. The Balaban J connectivity index is 1.73. The molecule has 0 spiro atoms. The molecule has 3 rings (SSSR count). The van der Waals surface area contributed by atoms with Crippen molar-refractivity contribution >= 4 is 29.4 Å². The number of ether oxygens (including phenoxy) is 1. The van der Waals surface area contributed by atoms with Gasteiger partial charge in [-0.3, -0.25) is 9.59 Å². The van der Waals surface area contributed by atoms with Gasteiger partial charge in [0, 0.05) is 28.2 Å². The van der Waals surface area contributed by atoms with Gasteiger partial charge in [-0.1, -0.05) is 23.8 Å². The first-order chi connectivity index (χ1) is 17.9. The van der Waals surface area contributed by atoms with Gasteiger partial charge in [0.15, 0.2) is 6.61 Å². The highest BCUT2D eigenvalue weighted by atomic mass is 32.2. The second-order valence-corrected chi connectivity index (χ2v) is 9.86. The average Bonchev–Trinajstić information content (AvgIpc) is 3.17. The van der Waals surface area contributed by atoms with Crippen LogP contribution in [-0.2, 0) is 15.7 Å². The molecular weight excluding hydrogens is 517 g/mol. The van der Waals surface area contributed by atoms with Crippen LogP contribution in [-0.4, -0.2) is 46.9 Å². The van der Waals surface area contributed by atoms with Gasteiger partial charge in [0.2, 0.25) is 5.78 Å². The molecule has 1 aromatic heterocycles. The Morgan fingerprint density at radius 2 is 1.74 bits per heavy atom. The quantitative estimate of drug-likeness (QED) is 0.261. The number of nitrogens with one attached hydrogen (secondary N) is 1. The summed E-state index contributed by atoms with van der Waals surface area (Å²) < 4.78 is 46.4. The molecule has 0 radical (unpaired) electrons. The van der Waals surface area contributed by atoms with Crippen LogP contribution in [0.15, 0.2) is 54.6 Å². The van der Waals surface area contributed by atoms with Crippen molar-refractivity contribution in [1.29, 1.82) is 0 Å². The summed E-state index contributed by atoms with van der Waals surface area (Å²) in [5.41, 5.74) is 1.99. The third kappa shape index (κ3) is 7.06. The molecule has 1 unspecified atom stereocenters. The fourth-order valence-corrected chi connectivity index (χ4v) is 4.56. The number of rotatable bonds is 10. The van der Waals surface area contributed by atoms with Crippen molar-refractivity contribution in [2.45, 2.75) is 39.4 Å². The van der Waals surface area contributed by atoms with E-state index in [9.17, 15) is 27.6 Å². The number of Topliss-reactive ketones (excluding diaryl/α,β-unsaturated/α-hetero) is 1. The highest BCUT2D eigenvalue weighted by molar-refractivity contribution is 7.98. The molecule has 0 aliphatic rings. The highest BCUT2D eigenvalue weighted by Crippen LogP contribution is 2.31. The predicted octanol–water partition coefficient (Wildman–Crippen LogP) is 5.70. The number of esters is 1. The fraction of sp³-hybridized carbons (Fsp3) is 0.321. The number of nitrogens with zero attached hydrogens (tertiary/aromatic N) is 1. The first-order valence-electron chi connectivity index (χ1n) is 11.8. The van der Waals surface area contributed by atoms with E-state index in [1.807, 2.05) is 19.2 Å². The Hall–Kier alpha value is -3.53. The molecule has 1 atom stereocenters. The van der Waals surface area contributed by atoms with Crippen molar-refractivity contribution in [2.24, 2.45) is 0 Å². The predicted molar refractivity (Wildman–Crippen MR) is 141 cm³/mol. The normalized spacial score (nSPS) is 12.2. The Kier molecular flexibility index (Phi) is 9.43. The van der Waals surface area contributed by atoms with Crippen molar-refractivity contribution in [1.82, 2.24) is 9.88 Å². The van der Waals surface area contributed by atoms with Crippen LogP contribution in [0.2, 0.25) is 0 Å². The van der Waals surface area contributed by atoms with Gasteiger partial charge in [-0.2, -0.15) is 24.9 Å². The number of hydrogen-bond donors (Lipinski definition) is 1. The molecule has 0 fully saturated rings. The van der Waals surface area contributed by atoms with Crippen LogP contribution in [0, 0.1) is 20.8 Å². The number of carbonyl (C=O) groups excluding carboxylic acids is 3. The van der Waals surface area contributed by atoms with Crippen LogP contribution in [0.4, 0.5) is 13.2 Å². The minimum absolute atomic E-state index is 0.233. The van der Waals surface area contributed by atoms with Crippen LogP contribution >= 0.6 is 11.8 Å². The molecule has 38 heavy (non-hydrogen) atoms. The molecule has 1 heterocycles. The van der Waals surface area contributed by atoms with Gasteiger partial charge in [0.05, 0.1) is 5.56 Å². The van der Waals surface area contributed by atoms with E-state index in [1.165, 1.54) is 23.9 Å². The average molecular weight is 547 g/mol. The van der Waals surface area contributed by atoms with E-state index in [0.717, 1.165) is 17.7 Å². The lowest BCUT2D eigenvalue weighted by atomic mass is 10.1. The largest absolute Gasteiger partial charge is 0.456 e. The van der Waals surface area contributed by atoms with Crippen molar-refractivity contribution in [3.63, 3.8) is 0 Å². The fourth-order valence-electron chi connectivity index (χ4n) is 4.09. The van der Waals surface area contributed by atoms with E-state index in [2.05, 4.69) is 5.32 Å². The Labute approximate surface area is 223 Å². The van der Waals surface area contributed by atoms with E-state index >= 15 is 0 Å². The molecule has 0 aliphatic heterocycles. The first-order valence-corrected chi connectivity index (χ1v) is 13.2. The van der Waals surface area contributed by atoms with Gasteiger partial charge < -0.3 is 14.6 Å². The van der Waals surface area contributed by atoms with E-state index in [-0.39, 0.29) is 11.3 Å². The number of amides is 1. The molecule has 0 saturated carbocycles. The van der Waals surface area contributed by atoms with Crippen LogP contribution in [0.1, 0.15) is 49.7 Å². The summed E-state index contributed by atoms with van der Waals surface area (Å²) in [5, 5.41) is 2.69. The third-order valence-electron chi connectivity index (χ3n) is 5.99. The maximum Gasteiger partial charge on any atom is 0.416 e. The number of benzene rings is 2. The van der Waals surface area contributed by atoms with Crippen molar-refractivity contribution < 1.29 is 32.3 Å². The molecule has 0 aliphatic carbocycles. The van der Waals surface area contributed by atoms with Crippen LogP contribution in [0.3, 0.4) is 0 Å². The number of thioether (sulfide) groups is 1. The second kappa shape index (κ2) is 12.3. The number of aryl methyl sites for hydroxylation is 2. The molecule has 2 aromatic carbocycles. The molecule has 0 saturated heterocycles. The monoisotopic (exact) mass is 546 g/mol. The minimum Gasteiger partial charge on any atom is -0.456 e. The van der Waals surface area contributed by atoms with Crippen molar-refractivity contribution in [3.05, 3.63) is 88.2 Å². The lowest BCUT2D eigenvalue weighted by Crippen LogP contribution is -2.42. The molecular formula is C28H29F3N2O4S. The van der Waals surface area contributed by atoms with E-state index in [0.29, 0.717) is 29.1 Å². The summed E-state index contributed by atoms with van der Waals surface area (Å²) >= 11 is 1.50. The standard InChI is InChI=1S/C28H29F3N2O4S/c1-17-7-5-8-20(13-17)26(35)32-24(11-12-38-4)27(36)37-16-25(34)23-14-18(2)33(19(23)3)22-10-6-9-21(15-22)28(29,30)31/h5-10,13-15,24H,11-12,16H2,1-4H3,(H,32,35). The summed E-state index contributed by atoms with van der Waals surface area (Å²) in [6, 6.07) is 12.4. The SMILES string of the molecule is CSCCC(NC(=O)c1cccc(C)c1)C(=O)OCC(=O)c1cc(C)n(-c2cccc(C(F)(F)F)c2)c1C. The summed E-state index contributed by atoms with van der Waals surface area (Å²) in [5.74, 6) is -1.08. The van der Waals surface area contributed by atoms with Gasteiger partial charge in [-0.05, 0) is 75.6 Å². The zero-order chi connectivity index (χ0) is 28.0. The zero-order valence-electron chi connectivity index (χ0n) is 21.5. The summed E-state index contributed by atoms with van der Waals surface area (Å²) in [6.07, 6.45) is -2.32. The Morgan fingerprint density at radius 3 is 2.39 bits per heavy atom. The lowest BCUT2D eigenvalue weighted by Gasteiger charge is -2.17. The number of ketones is 1. The van der Waals surface area contributed by atoms with E-state index in [4.69, 9.17) is 4.74 Å². The summed E-state index contributed by atoms with van der Waals surface area (Å²) in [6.45, 7) is 4.58. The smallest absolute Gasteiger partial charge is 0.416 e. The summed E-state index contributed by atoms with van der Waals surface area (Å²) in [7, 11) is 0. The van der Waals surface area contributed by atoms with Gasteiger partial charge in [0.25, 0.3) is 5.91 Å². The molecule has 202 valence electrons. The maximum absolute atomic E-state index is 13.2. The Morgan fingerprint density at radius 1 is 1.03 bits per heavy atom. The first kappa shape index (κ1) is 29.0. The molecule has 1 amide bonds. The van der Waals surface area contributed by atoms with Gasteiger partial charge in [0.1, 0.15) is 6.04 Å². The molecule has 0 bridgehead atoms. The zero-order valence-corrected chi connectivity index (χ0v) is 22.3. The lowest BCUT2D eigenvalue weighted by molar-refractivity contribution is -0.144. The van der Waals surface area contributed by atoms with E-state index in [1.54, 1.807) is 42.7 Å². The third-order valence-corrected chi connectivity index (χ3v) is 6.63. The maximum atomic E-state index is 13.2. The minimum atomic E-state index is -4.50.